The highest BCUT2D eigenvalue weighted by Gasteiger charge is 2.40. The summed E-state index contributed by atoms with van der Waals surface area (Å²) in [5.41, 5.74) is 1.28. The molecule has 0 bridgehead atoms. The van der Waals surface area contributed by atoms with Gasteiger partial charge < -0.3 is 5.11 Å². The molecule has 23 heavy (non-hydrogen) atoms. The molecule has 2 aromatic heterocycles. The Hall–Kier alpha value is -2.74. The van der Waals surface area contributed by atoms with Gasteiger partial charge in [0.05, 0.1) is 17.0 Å². The van der Waals surface area contributed by atoms with Crippen molar-refractivity contribution in [2.24, 2.45) is 0 Å². The van der Waals surface area contributed by atoms with Crippen LogP contribution in [0.15, 0.2) is 30.1 Å². The average molecular weight is 331 g/mol. The fourth-order valence-corrected chi connectivity index (χ4v) is 3.82. The van der Waals surface area contributed by atoms with Crippen molar-refractivity contribution < 1.29 is 14.9 Å². The van der Waals surface area contributed by atoms with E-state index in [-0.39, 0.29) is 11.3 Å². The minimum absolute atomic E-state index is 0.0335. The van der Waals surface area contributed by atoms with Crippen LogP contribution in [0, 0.1) is 17.0 Å². The SMILES string of the molecule is CC1=Cc2sc(C)cc2C(c2ncccc2C(=O)O)N1[N+](=O)[O-]. The van der Waals surface area contributed by atoms with Gasteiger partial charge in [-0.05, 0) is 38.1 Å². The molecule has 0 fully saturated rings. The minimum atomic E-state index is -1.16. The topological polar surface area (TPSA) is 96.6 Å². The minimum Gasteiger partial charge on any atom is -0.478 e. The summed E-state index contributed by atoms with van der Waals surface area (Å²) in [5, 5.41) is 21.4. The first kappa shape index (κ1) is 15.2. The first-order valence-electron chi connectivity index (χ1n) is 6.80. The molecule has 1 aliphatic heterocycles. The molecule has 1 N–H and O–H groups in total. The molecule has 0 saturated heterocycles. The number of nitro groups is 1. The molecule has 3 rings (SSSR count). The van der Waals surface area contributed by atoms with Gasteiger partial charge in [-0.25, -0.2) is 14.9 Å². The predicted molar refractivity (Wildman–Crippen MR) is 84.6 cm³/mol. The van der Waals surface area contributed by atoms with Gasteiger partial charge in [-0.2, -0.15) is 0 Å². The molecule has 0 amide bonds. The fraction of sp³-hybridized carbons (Fsp3) is 0.200. The van der Waals surface area contributed by atoms with E-state index in [1.165, 1.54) is 29.7 Å². The number of carboxylic acid groups (broad SMARTS) is 1. The summed E-state index contributed by atoms with van der Waals surface area (Å²) in [6, 6.07) is 3.91. The lowest BCUT2D eigenvalue weighted by Crippen LogP contribution is -2.36. The molecule has 118 valence electrons. The number of hydrogen-bond donors (Lipinski definition) is 1. The third-order valence-corrected chi connectivity index (χ3v) is 4.67. The van der Waals surface area contributed by atoms with Crippen molar-refractivity contribution in [1.29, 1.82) is 0 Å². The first-order valence-corrected chi connectivity index (χ1v) is 7.62. The molecular formula is C15H13N3O4S. The Labute approximate surface area is 135 Å². The molecule has 1 atom stereocenters. The maximum atomic E-state index is 11.6. The Morgan fingerprint density at radius 3 is 2.87 bits per heavy atom. The molecule has 0 aromatic carbocycles. The maximum Gasteiger partial charge on any atom is 0.337 e. The predicted octanol–water partition coefficient (Wildman–Crippen LogP) is 3.11. The van der Waals surface area contributed by atoms with Crippen molar-refractivity contribution in [3.05, 3.63) is 66.8 Å². The van der Waals surface area contributed by atoms with E-state index in [0.29, 0.717) is 11.3 Å². The Morgan fingerprint density at radius 2 is 2.22 bits per heavy atom. The number of aromatic carboxylic acids is 1. The van der Waals surface area contributed by atoms with E-state index in [9.17, 15) is 20.0 Å². The zero-order valence-corrected chi connectivity index (χ0v) is 13.2. The summed E-state index contributed by atoms with van der Waals surface area (Å²) in [6.07, 6.45) is 3.20. The highest BCUT2D eigenvalue weighted by molar-refractivity contribution is 7.13. The summed E-state index contributed by atoms with van der Waals surface area (Å²) in [6.45, 7) is 3.55. The number of fused-ring (bicyclic) bond motifs is 1. The van der Waals surface area contributed by atoms with E-state index >= 15 is 0 Å². The number of pyridine rings is 1. The normalized spacial score (nSPS) is 16.7. The lowest BCUT2D eigenvalue weighted by molar-refractivity contribution is -0.652. The third kappa shape index (κ3) is 2.46. The van der Waals surface area contributed by atoms with Gasteiger partial charge in [0.1, 0.15) is 0 Å². The molecule has 2 aromatic rings. The number of carbonyl (C=O) groups is 1. The molecule has 7 nitrogen and oxygen atoms in total. The number of thiophene rings is 1. The van der Waals surface area contributed by atoms with Gasteiger partial charge in [0.2, 0.25) is 0 Å². The highest BCUT2D eigenvalue weighted by Crippen LogP contribution is 2.42. The summed E-state index contributed by atoms with van der Waals surface area (Å²) in [5.74, 6) is -1.16. The van der Waals surface area contributed by atoms with E-state index in [1.54, 1.807) is 13.0 Å². The van der Waals surface area contributed by atoms with Crippen LogP contribution in [0.1, 0.15) is 44.3 Å². The van der Waals surface area contributed by atoms with Crippen LogP contribution in [0.4, 0.5) is 0 Å². The van der Waals surface area contributed by atoms with Crippen LogP contribution in [-0.4, -0.2) is 26.1 Å². The molecular weight excluding hydrogens is 318 g/mol. The van der Waals surface area contributed by atoms with Crippen LogP contribution in [-0.2, 0) is 0 Å². The second-order valence-corrected chi connectivity index (χ2v) is 6.48. The second-order valence-electron chi connectivity index (χ2n) is 5.19. The smallest absolute Gasteiger partial charge is 0.337 e. The molecule has 0 radical (unpaired) electrons. The van der Waals surface area contributed by atoms with Crippen molar-refractivity contribution in [3.8, 4) is 0 Å². The Bertz CT molecular complexity index is 843. The lowest BCUT2D eigenvalue weighted by atomic mass is 9.95. The zero-order chi connectivity index (χ0) is 16.7. The standard InChI is InChI=1S/C15H13N3O4S/c1-8-6-12-11(7-9(2)23-12)14(17(8)18(21)22)13-10(15(19)20)4-3-5-16-13/h3-7,14H,1-2H3,(H,19,20). The van der Waals surface area contributed by atoms with E-state index in [0.717, 1.165) is 14.8 Å². The van der Waals surface area contributed by atoms with E-state index in [2.05, 4.69) is 4.98 Å². The van der Waals surface area contributed by atoms with Gasteiger partial charge in [-0.3, -0.25) is 4.98 Å². The van der Waals surface area contributed by atoms with Crippen molar-refractivity contribution in [2.75, 3.05) is 0 Å². The van der Waals surface area contributed by atoms with Crippen LogP contribution in [0.5, 0.6) is 0 Å². The molecule has 1 aliphatic rings. The average Bonchev–Trinajstić information content (AvgIpc) is 2.85. The quantitative estimate of drug-likeness (QED) is 0.685. The van der Waals surface area contributed by atoms with E-state index < -0.39 is 17.0 Å². The summed E-state index contributed by atoms with van der Waals surface area (Å²) in [7, 11) is 0. The molecule has 1 unspecified atom stereocenters. The number of hydrogen-bond acceptors (Lipinski definition) is 5. The van der Waals surface area contributed by atoms with Crippen LogP contribution in [0.2, 0.25) is 0 Å². The van der Waals surface area contributed by atoms with Gasteiger partial charge in [0, 0.05) is 21.5 Å². The van der Waals surface area contributed by atoms with Gasteiger partial charge in [-0.1, -0.05) is 5.01 Å². The Balaban J connectivity index is 2.28. The fourth-order valence-electron chi connectivity index (χ4n) is 2.77. The number of carboxylic acids is 1. The first-order chi connectivity index (χ1) is 10.9. The van der Waals surface area contributed by atoms with Crippen molar-refractivity contribution in [3.63, 3.8) is 0 Å². The van der Waals surface area contributed by atoms with Crippen LogP contribution >= 0.6 is 11.3 Å². The van der Waals surface area contributed by atoms with Crippen LogP contribution in [0.3, 0.4) is 0 Å². The maximum absolute atomic E-state index is 11.6. The number of hydrazine groups is 1. The number of allylic oxidation sites excluding steroid dienone is 1. The van der Waals surface area contributed by atoms with Gasteiger partial charge in [0.25, 0.3) is 0 Å². The van der Waals surface area contributed by atoms with Gasteiger partial charge >= 0.3 is 5.97 Å². The second kappa shape index (κ2) is 5.47. The Morgan fingerprint density at radius 1 is 1.48 bits per heavy atom. The molecule has 0 aliphatic carbocycles. The number of rotatable bonds is 3. The third-order valence-electron chi connectivity index (χ3n) is 3.66. The number of aromatic nitrogens is 1. The van der Waals surface area contributed by atoms with Crippen molar-refractivity contribution >= 4 is 23.4 Å². The molecule has 0 saturated carbocycles. The zero-order valence-electron chi connectivity index (χ0n) is 12.4. The van der Waals surface area contributed by atoms with Gasteiger partial charge in [0.15, 0.2) is 11.1 Å². The molecule has 3 heterocycles. The van der Waals surface area contributed by atoms with E-state index in [4.69, 9.17) is 0 Å². The van der Waals surface area contributed by atoms with Crippen molar-refractivity contribution in [2.45, 2.75) is 19.9 Å². The lowest BCUT2D eigenvalue weighted by Gasteiger charge is -2.28. The summed E-state index contributed by atoms with van der Waals surface area (Å²) < 4.78 is 0. The number of aryl methyl sites for hydroxylation is 1. The van der Waals surface area contributed by atoms with E-state index in [1.807, 2.05) is 13.0 Å². The summed E-state index contributed by atoms with van der Waals surface area (Å²) in [4.78, 5) is 29.1. The highest BCUT2D eigenvalue weighted by atomic mass is 32.1. The monoisotopic (exact) mass is 331 g/mol. The largest absolute Gasteiger partial charge is 0.478 e. The summed E-state index contributed by atoms with van der Waals surface area (Å²) >= 11 is 1.52. The van der Waals surface area contributed by atoms with Crippen LogP contribution in [0.25, 0.3) is 6.08 Å². The molecule has 8 heteroatoms. The van der Waals surface area contributed by atoms with Crippen LogP contribution < -0.4 is 0 Å². The van der Waals surface area contributed by atoms with Crippen molar-refractivity contribution in [1.82, 2.24) is 9.99 Å². The Kier molecular flexibility index (Phi) is 3.61. The molecule has 0 spiro atoms. The number of nitrogens with zero attached hydrogens (tertiary/aromatic N) is 3. The van der Waals surface area contributed by atoms with Gasteiger partial charge in [-0.15, -0.1) is 11.3 Å².